The molecule has 0 saturated heterocycles. The molecular weight excluding hydrogens is 209 g/mol. The molecule has 0 spiro atoms. The highest BCUT2D eigenvalue weighted by molar-refractivity contribution is 5.93. The number of halogens is 1. The van der Waals surface area contributed by atoms with Gasteiger partial charge in [0, 0.05) is 18.8 Å². The van der Waals surface area contributed by atoms with Crippen molar-refractivity contribution in [3.63, 3.8) is 0 Å². The van der Waals surface area contributed by atoms with Crippen LogP contribution in [0.2, 0.25) is 0 Å². The lowest BCUT2D eigenvalue weighted by atomic mass is 10.2. The molecule has 1 rings (SSSR count). The van der Waals surface area contributed by atoms with Crippen molar-refractivity contribution in [3.8, 4) is 0 Å². The van der Waals surface area contributed by atoms with E-state index < -0.39 is 5.82 Å². The summed E-state index contributed by atoms with van der Waals surface area (Å²) in [5.41, 5.74) is 5.95. The number of nitrogens with zero attached hydrogens (tertiary/aromatic N) is 1. The van der Waals surface area contributed by atoms with Gasteiger partial charge in [0.25, 0.3) is 5.91 Å². The first kappa shape index (κ1) is 12.6. The summed E-state index contributed by atoms with van der Waals surface area (Å²) >= 11 is 0. The average Bonchev–Trinajstić information content (AvgIpc) is 2.26. The fourth-order valence-electron chi connectivity index (χ4n) is 1.33. The van der Waals surface area contributed by atoms with E-state index in [4.69, 9.17) is 5.73 Å². The fraction of sp³-hybridized carbons (Fsp3) is 0.455. The Morgan fingerprint density at radius 1 is 1.62 bits per heavy atom. The van der Waals surface area contributed by atoms with Gasteiger partial charge in [0.1, 0.15) is 5.82 Å². The third-order valence-corrected chi connectivity index (χ3v) is 2.15. The summed E-state index contributed by atoms with van der Waals surface area (Å²) in [6.45, 7) is 2.42. The molecule has 1 atom stereocenters. The van der Waals surface area contributed by atoms with Gasteiger partial charge in [-0.1, -0.05) is 13.3 Å². The molecule has 1 amide bonds. The number of nitrogens with two attached hydrogens (primary N) is 1. The van der Waals surface area contributed by atoms with Gasteiger partial charge < -0.3 is 11.1 Å². The molecule has 5 heteroatoms. The number of nitrogens with one attached hydrogen (secondary N) is 1. The second-order valence-corrected chi connectivity index (χ2v) is 3.65. The average molecular weight is 225 g/mol. The number of pyridine rings is 1. The molecule has 88 valence electrons. The van der Waals surface area contributed by atoms with E-state index in [2.05, 4.69) is 10.3 Å². The van der Waals surface area contributed by atoms with E-state index >= 15 is 0 Å². The maximum absolute atomic E-state index is 12.8. The third kappa shape index (κ3) is 3.94. The van der Waals surface area contributed by atoms with Gasteiger partial charge in [-0.2, -0.15) is 0 Å². The predicted octanol–water partition coefficient (Wildman–Crippen LogP) is 1.08. The molecule has 0 aromatic carbocycles. The first-order valence-electron chi connectivity index (χ1n) is 5.27. The topological polar surface area (TPSA) is 68.0 Å². The molecule has 0 fully saturated rings. The van der Waals surface area contributed by atoms with Gasteiger partial charge in [0.2, 0.25) is 0 Å². The fourth-order valence-corrected chi connectivity index (χ4v) is 1.33. The number of hydrogen-bond acceptors (Lipinski definition) is 3. The lowest BCUT2D eigenvalue weighted by Gasteiger charge is -2.11. The Labute approximate surface area is 94.1 Å². The molecule has 4 nitrogen and oxygen atoms in total. The minimum absolute atomic E-state index is 0.0598. The Kier molecular flexibility index (Phi) is 4.85. The molecule has 0 aliphatic carbocycles. The minimum atomic E-state index is -0.523. The summed E-state index contributed by atoms with van der Waals surface area (Å²) < 4.78 is 12.8. The first-order valence-corrected chi connectivity index (χ1v) is 5.27. The molecule has 1 aromatic rings. The van der Waals surface area contributed by atoms with Gasteiger partial charge in [-0.3, -0.25) is 9.78 Å². The standard InChI is InChI=1S/C11H16FN3O/c1-2-3-10(13)7-15-11(16)8-4-9(12)6-14-5-8/h4-6,10H,2-3,7,13H2,1H3,(H,15,16). The van der Waals surface area contributed by atoms with E-state index in [9.17, 15) is 9.18 Å². The SMILES string of the molecule is CCCC(N)CNC(=O)c1cncc(F)c1. The smallest absolute Gasteiger partial charge is 0.253 e. The Morgan fingerprint density at radius 3 is 3.00 bits per heavy atom. The summed E-state index contributed by atoms with van der Waals surface area (Å²) in [4.78, 5) is 15.1. The van der Waals surface area contributed by atoms with Crippen LogP contribution < -0.4 is 11.1 Å². The van der Waals surface area contributed by atoms with Gasteiger partial charge in [-0.05, 0) is 12.5 Å². The predicted molar refractivity (Wildman–Crippen MR) is 59.4 cm³/mol. The van der Waals surface area contributed by atoms with Crippen LogP contribution >= 0.6 is 0 Å². The quantitative estimate of drug-likeness (QED) is 0.787. The Bertz CT molecular complexity index is 357. The number of aromatic nitrogens is 1. The van der Waals surface area contributed by atoms with E-state index in [1.165, 1.54) is 6.20 Å². The van der Waals surface area contributed by atoms with E-state index in [1.54, 1.807) is 0 Å². The molecule has 0 saturated carbocycles. The Hall–Kier alpha value is -1.49. The normalized spacial score (nSPS) is 12.2. The van der Waals surface area contributed by atoms with Crippen molar-refractivity contribution in [3.05, 3.63) is 29.8 Å². The highest BCUT2D eigenvalue weighted by atomic mass is 19.1. The molecular formula is C11H16FN3O. The minimum Gasteiger partial charge on any atom is -0.350 e. The van der Waals surface area contributed by atoms with Gasteiger partial charge in [0.15, 0.2) is 0 Å². The van der Waals surface area contributed by atoms with Crippen molar-refractivity contribution >= 4 is 5.91 Å². The van der Waals surface area contributed by atoms with Crippen molar-refractivity contribution < 1.29 is 9.18 Å². The van der Waals surface area contributed by atoms with E-state index in [0.717, 1.165) is 25.1 Å². The van der Waals surface area contributed by atoms with E-state index in [1.807, 2.05) is 6.92 Å². The van der Waals surface area contributed by atoms with Crippen LogP contribution in [0.1, 0.15) is 30.1 Å². The van der Waals surface area contributed by atoms with Crippen LogP contribution in [0, 0.1) is 5.82 Å². The summed E-state index contributed by atoms with van der Waals surface area (Å²) in [7, 11) is 0. The van der Waals surface area contributed by atoms with Gasteiger partial charge in [0.05, 0.1) is 11.8 Å². The van der Waals surface area contributed by atoms with Crippen molar-refractivity contribution in [2.24, 2.45) is 5.73 Å². The van der Waals surface area contributed by atoms with Crippen LogP contribution in [-0.2, 0) is 0 Å². The molecule has 16 heavy (non-hydrogen) atoms. The maximum Gasteiger partial charge on any atom is 0.253 e. The third-order valence-electron chi connectivity index (χ3n) is 2.15. The zero-order chi connectivity index (χ0) is 12.0. The van der Waals surface area contributed by atoms with Gasteiger partial charge in [-0.25, -0.2) is 4.39 Å². The summed E-state index contributed by atoms with van der Waals surface area (Å²) in [5.74, 6) is -0.871. The van der Waals surface area contributed by atoms with Crippen LogP contribution in [-0.4, -0.2) is 23.5 Å². The molecule has 1 aromatic heterocycles. The molecule has 0 radical (unpaired) electrons. The van der Waals surface area contributed by atoms with Crippen LogP contribution in [0.4, 0.5) is 4.39 Å². The number of amides is 1. The second-order valence-electron chi connectivity index (χ2n) is 3.65. The molecule has 0 bridgehead atoms. The summed E-state index contributed by atoms with van der Waals surface area (Å²) in [6, 6.07) is 1.09. The second kappa shape index (κ2) is 6.17. The van der Waals surface area contributed by atoms with Crippen molar-refractivity contribution in [1.82, 2.24) is 10.3 Å². The molecule has 0 aliphatic rings. The van der Waals surface area contributed by atoms with Gasteiger partial charge >= 0.3 is 0 Å². The highest BCUT2D eigenvalue weighted by Gasteiger charge is 2.08. The number of carbonyl (C=O) groups is 1. The largest absolute Gasteiger partial charge is 0.350 e. The Balaban J connectivity index is 2.47. The maximum atomic E-state index is 12.8. The molecule has 0 aliphatic heterocycles. The highest BCUT2D eigenvalue weighted by Crippen LogP contribution is 2.00. The molecule has 1 unspecified atom stereocenters. The van der Waals surface area contributed by atoms with Crippen LogP contribution in [0.15, 0.2) is 18.5 Å². The number of hydrogen-bond donors (Lipinski definition) is 2. The van der Waals surface area contributed by atoms with Crippen molar-refractivity contribution in [2.75, 3.05) is 6.54 Å². The zero-order valence-electron chi connectivity index (χ0n) is 9.24. The number of carbonyl (C=O) groups excluding carboxylic acids is 1. The first-order chi connectivity index (χ1) is 7.63. The lowest BCUT2D eigenvalue weighted by Crippen LogP contribution is -2.37. The van der Waals surface area contributed by atoms with E-state index in [-0.39, 0.29) is 17.5 Å². The molecule has 3 N–H and O–H groups in total. The van der Waals surface area contributed by atoms with Crippen molar-refractivity contribution in [2.45, 2.75) is 25.8 Å². The number of rotatable bonds is 5. The van der Waals surface area contributed by atoms with Crippen LogP contribution in [0.25, 0.3) is 0 Å². The zero-order valence-corrected chi connectivity index (χ0v) is 9.24. The van der Waals surface area contributed by atoms with E-state index in [0.29, 0.717) is 6.54 Å². The monoisotopic (exact) mass is 225 g/mol. The van der Waals surface area contributed by atoms with Crippen LogP contribution in [0.3, 0.4) is 0 Å². The molecule has 1 heterocycles. The Morgan fingerprint density at radius 2 is 2.38 bits per heavy atom. The van der Waals surface area contributed by atoms with Crippen LogP contribution in [0.5, 0.6) is 0 Å². The van der Waals surface area contributed by atoms with Crippen molar-refractivity contribution in [1.29, 1.82) is 0 Å². The summed E-state index contributed by atoms with van der Waals surface area (Å²) in [6.07, 6.45) is 4.20. The van der Waals surface area contributed by atoms with Gasteiger partial charge in [-0.15, -0.1) is 0 Å². The lowest BCUT2D eigenvalue weighted by molar-refractivity contribution is 0.0950. The summed E-state index contributed by atoms with van der Waals surface area (Å²) in [5, 5.41) is 2.64.